The fourth-order valence-corrected chi connectivity index (χ4v) is 3.48. The summed E-state index contributed by atoms with van der Waals surface area (Å²) in [5, 5.41) is 2.96. The van der Waals surface area contributed by atoms with Crippen molar-refractivity contribution in [3.63, 3.8) is 0 Å². The van der Waals surface area contributed by atoms with Crippen LogP contribution in [0.1, 0.15) is 23.2 Å². The highest BCUT2D eigenvalue weighted by molar-refractivity contribution is 6.20. The molecule has 1 heterocycles. The minimum absolute atomic E-state index is 0.213. The lowest BCUT2D eigenvalue weighted by molar-refractivity contribution is -0.121. The zero-order chi connectivity index (χ0) is 21.1. The number of hydrogen-bond donors (Lipinski definition) is 1. The molecule has 0 radical (unpaired) electrons. The zero-order valence-electron chi connectivity index (χ0n) is 16.5. The van der Waals surface area contributed by atoms with Crippen molar-refractivity contribution in [3.05, 3.63) is 84.4 Å². The van der Waals surface area contributed by atoms with Gasteiger partial charge in [-0.15, -0.1) is 0 Å². The number of hydrogen-bond acceptors (Lipinski definition) is 4. The molecule has 0 atom stereocenters. The molecule has 30 heavy (non-hydrogen) atoms. The van der Waals surface area contributed by atoms with E-state index in [1.807, 2.05) is 66.5 Å². The number of nitrogens with zero attached hydrogens (tertiary/aromatic N) is 2. The molecule has 1 aliphatic rings. The Balaban J connectivity index is 1.53. The van der Waals surface area contributed by atoms with Gasteiger partial charge in [-0.2, -0.15) is 0 Å². The van der Waals surface area contributed by atoms with E-state index in [4.69, 9.17) is 0 Å². The molecule has 0 aromatic heterocycles. The summed E-state index contributed by atoms with van der Waals surface area (Å²) in [5.41, 5.74) is 3.48. The normalized spacial score (nSPS) is 13.4. The summed E-state index contributed by atoms with van der Waals surface area (Å²) < 4.78 is 0. The second-order valence-electron chi connectivity index (χ2n) is 7.04. The highest BCUT2D eigenvalue weighted by Crippen LogP contribution is 2.31. The first-order chi connectivity index (χ1) is 14.5. The van der Waals surface area contributed by atoms with Crippen LogP contribution < -0.4 is 15.1 Å². The highest BCUT2D eigenvalue weighted by Gasteiger charge is 2.30. The molecular formula is C24H21N3O3. The number of imide groups is 1. The Morgan fingerprint density at radius 2 is 1.43 bits per heavy atom. The number of rotatable bonds is 5. The van der Waals surface area contributed by atoms with Gasteiger partial charge in [-0.05, 0) is 48.5 Å². The fraction of sp³-hybridized carbons (Fsp3) is 0.125. The number of anilines is 4. The molecule has 3 aromatic rings. The van der Waals surface area contributed by atoms with Crippen LogP contribution in [0.4, 0.5) is 22.7 Å². The average Bonchev–Trinajstić information content (AvgIpc) is 3.12. The lowest BCUT2D eigenvalue weighted by Crippen LogP contribution is -2.28. The largest absolute Gasteiger partial charge is 0.343 e. The average molecular weight is 399 g/mol. The maximum absolute atomic E-state index is 12.8. The second-order valence-corrected chi connectivity index (χ2v) is 7.04. The lowest BCUT2D eigenvalue weighted by Gasteiger charge is -2.23. The summed E-state index contributed by atoms with van der Waals surface area (Å²) in [7, 11) is 1.94. The van der Waals surface area contributed by atoms with Gasteiger partial charge in [-0.25, -0.2) is 0 Å². The van der Waals surface area contributed by atoms with Crippen molar-refractivity contribution in [3.8, 4) is 0 Å². The van der Waals surface area contributed by atoms with Crippen molar-refractivity contribution in [2.24, 2.45) is 0 Å². The molecule has 6 heteroatoms. The van der Waals surface area contributed by atoms with E-state index in [0.29, 0.717) is 16.9 Å². The predicted molar refractivity (Wildman–Crippen MR) is 117 cm³/mol. The molecule has 4 rings (SSSR count). The van der Waals surface area contributed by atoms with Crippen LogP contribution in [0.3, 0.4) is 0 Å². The van der Waals surface area contributed by atoms with Gasteiger partial charge in [0, 0.05) is 31.1 Å². The molecule has 150 valence electrons. The van der Waals surface area contributed by atoms with Crippen molar-refractivity contribution in [1.29, 1.82) is 0 Å². The second kappa shape index (κ2) is 8.21. The van der Waals surface area contributed by atoms with Crippen molar-refractivity contribution >= 4 is 40.5 Å². The predicted octanol–water partition coefficient (Wildman–Crippen LogP) is 4.36. The molecule has 3 aromatic carbocycles. The van der Waals surface area contributed by atoms with E-state index in [2.05, 4.69) is 5.32 Å². The highest BCUT2D eigenvalue weighted by atomic mass is 16.2. The summed E-state index contributed by atoms with van der Waals surface area (Å²) in [6.07, 6.45) is 0.458. The van der Waals surface area contributed by atoms with Crippen LogP contribution in [0.15, 0.2) is 78.9 Å². The first kappa shape index (κ1) is 19.4. The molecule has 1 saturated heterocycles. The van der Waals surface area contributed by atoms with Gasteiger partial charge in [0.2, 0.25) is 11.8 Å². The Hall–Kier alpha value is -3.93. The number of carbonyl (C=O) groups excluding carboxylic acids is 3. The molecule has 1 fully saturated rings. The minimum Gasteiger partial charge on any atom is -0.343 e. The summed E-state index contributed by atoms with van der Waals surface area (Å²) in [4.78, 5) is 39.8. The summed E-state index contributed by atoms with van der Waals surface area (Å²) >= 11 is 0. The first-order valence-corrected chi connectivity index (χ1v) is 9.69. The summed E-state index contributed by atoms with van der Waals surface area (Å²) in [6.45, 7) is 0. The number of para-hydroxylation sites is 3. The first-order valence-electron chi connectivity index (χ1n) is 9.69. The Morgan fingerprint density at radius 3 is 2.10 bits per heavy atom. The lowest BCUT2D eigenvalue weighted by atomic mass is 10.1. The van der Waals surface area contributed by atoms with Gasteiger partial charge in [0.05, 0.1) is 17.1 Å². The van der Waals surface area contributed by atoms with Gasteiger partial charge >= 0.3 is 0 Å². The molecule has 6 nitrogen and oxygen atoms in total. The zero-order valence-corrected chi connectivity index (χ0v) is 16.5. The van der Waals surface area contributed by atoms with Crippen molar-refractivity contribution in [1.82, 2.24) is 0 Å². The van der Waals surface area contributed by atoms with Gasteiger partial charge in [0.1, 0.15) is 0 Å². The van der Waals surface area contributed by atoms with E-state index >= 15 is 0 Å². The SMILES string of the molecule is CN(c1ccccc1)c1ccccc1NC(=O)c1ccc(N2C(=O)CCC2=O)cc1. The molecule has 0 bridgehead atoms. The van der Waals surface area contributed by atoms with Crippen LogP contribution in [-0.2, 0) is 9.59 Å². The van der Waals surface area contributed by atoms with E-state index < -0.39 is 0 Å². The van der Waals surface area contributed by atoms with E-state index in [0.717, 1.165) is 11.4 Å². The van der Waals surface area contributed by atoms with Crippen LogP contribution in [0.5, 0.6) is 0 Å². The quantitative estimate of drug-likeness (QED) is 0.647. The monoisotopic (exact) mass is 399 g/mol. The molecule has 0 spiro atoms. The molecule has 0 unspecified atom stereocenters. The molecule has 1 N–H and O–H groups in total. The van der Waals surface area contributed by atoms with E-state index in [-0.39, 0.29) is 30.6 Å². The topological polar surface area (TPSA) is 69.7 Å². The van der Waals surface area contributed by atoms with Gasteiger partial charge in [0.15, 0.2) is 0 Å². The van der Waals surface area contributed by atoms with Gasteiger partial charge in [0.25, 0.3) is 5.91 Å². The molecule has 3 amide bonds. The van der Waals surface area contributed by atoms with Crippen molar-refractivity contribution in [2.45, 2.75) is 12.8 Å². The Bertz CT molecular complexity index is 1080. The van der Waals surface area contributed by atoms with Gasteiger partial charge < -0.3 is 10.2 Å². The smallest absolute Gasteiger partial charge is 0.255 e. The number of amides is 3. The third-order valence-corrected chi connectivity index (χ3v) is 5.10. The van der Waals surface area contributed by atoms with Crippen LogP contribution in [0, 0.1) is 0 Å². The van der Waals surface area contributed by atoms with Crippen LogP contribution in [-0.4, -0.2) is 24.8 Å². The van der Waals surface area contributed by atoms with Gasteiger partial charge in [-0.1, -0.05) is 30.3 Å². The number of nitrogens with one attached hydrogen (secondary N) is 1. The molecular weight excluding hydrogens is 378 g/mol. The third kappa shape index (κ3) is 3.80. The van der Waals surface area contributed by atoms with Crippen molar-refractivity contribution in [2.75, 3.05) is 22.2 Å². The van der Waals surface area contributed by atoms with E-state index in [9.17, 15) is 14.4 Å². The maximum Gasteiger partial charge on any atom is 0.255 e. The van der Waals surface area contributed by atoms with Crippen molar-refractivity contribution < 1.29 is 14.4 Å². The van der Waals surface area contributed by atoms with E-state index in [1.54, 1.807) is 24.3 Å². The van der Waals surface area contributed by atoms with E-state index in [1.165, 1.54) is 4.90 Å². The Kier molecular flexibility index (Phi) is 5.30. The number of benzene rings is 3. The molecule has 1 aliphatic heterocycles. The Morgan fingerprint density at radius 1 is 0.833 bits per heavy atom. The van der Waals surface area contributed by atoms with Crippen LogP contribution in [0.25, 0.3) is 0 Å². The standard InChI is InChI=1S/C24H21N3O3/c1-26(18-7-3-2-4-8-18)21-10-6-5-9-20(21)25-24(30)17-11-13-19(14-12-17)27-22(28)15-16-23(27)29/h2-14H,15-16H2,1H3,(H,25,30). The van der Waals surface area contributed by atoms with Gasteiger partial charge in [-0.3, -0.25) is 19.3 Å². The molecule has 0 aliphatic carbocycles. The summed E-state index contributed by atoms with van der Waals surface area (Å²) in [6, 6.07) is 23.9. The third-order valence-electron chi connectivity index (χ3n) is 5.10. The Labute approximate surface area is 174 Å². The molecule has 0 saturated carbocycles. The number of carbonyl (C=O) groups is 3. The van der Waals surface area contributed by atoms with Crippen LogP contribution in [0.2, 0.25) is 0 Å². The minimum atomic E-state index is -0.269. The summed E-state index contributed by atoms with van der Waals surface area (Å²) in [5.74, 6) is -0.695. The fourth-order valence-electron chi connectivity index (χ4n) is 3.48. The maximum atomic E-state index is 12.8. The van der Waals surface area contributed by atoms with Crippen LogP contribution >= 0.6 is 0 Å².